The summed E-state index contributed by atoms with van der Waals surface area (Å²) in [7, 11) is 0. The Kier molecular flexibility index (Phi) is 4.46. The first-order valence-corrected chi connectivity index (χ1v) is 5.24. The molecule has 0 aliphatic carbocycles. The second-order valence-corrected chi connectivity index (χ2v) is 3.96. The molecule has 0 aromatic heterocycles. The number of benzene rings is 1. The summed E-state index contributed by atoms with van der Waals surface area (Å²) in [4.78, 5) is 10.6. The number of aliphatic hydroxyl groups is 1. The van der Waals surface area contributed by atoms with Gasteiger partial charge in [-0.15, -0.1) is 0 Å². The van der Waals surface area contributed by atoms with Crippen LogP contribution in [0.1, 0.15) is 30.5 Å². The van der Waals surface area contributed by atoms with Crippen molar-refractivity contribution >= 4 is 5.97 Å². The number of hydrogen-bond acceptors (Lipinski definition) is 3. The van der Waals surface area contributed by atoms with Gasteiger partial charge in [-0.2, -0.15) is 0 Å². The zero-order valence-electron chi connectivity index (χ0n) is 9.26. The van der Waals surface area contributed by atoms with Crippen molar-refractivity contribution in [1.82, 2.24) is 0 Å². The minimum Gasteiger partial charge on any atom is -0.481 e. The van der Waals surface area contributed by atoms with Gasteiger partial charge in [0.1, 0.15) is 0 Å². The third-order valence-corrected chi connectivity index (χ3v) is 2.36. The van der Waals surface area contributed by atoms with Crippen LogP contribution in [0.15, 0.2) is 24.3 Å². The first-order chi connectivity index (χ1) is 7.50. The van der Waals surface area contributed by atoms with Crippen molar-refractivity contribution < 1.29 is 15.0 Å². The Morgan fingerprint density at radius 1 is 1.44 bits per heavy atom. The molecular formula is C12H17NO3. The molecule has 0 spiro atoms. The van der Waals surface area contributed by atoms with Gasteiger partial charge < -0.3 is 15.9 Å². The molecule has 88 valence electrons. The standard InChI is InChI=1S/C12H17NO3/c1-8(14)6-9-4-2-3-5-10(9)11(13)7-12(15)16/h2-5,8,11,14H,6-7,13H2,1H3,(H,15,16). The predicted octanol–water partition coefficient (Wildman–Crippen LogP) is 1.08. The van der Waals surface area contributed by atoms with E-state index in [1.165, 1.54) is 0 Å². The fourth-order valence-corrected chi connectivity index (χ4v) is 1.70. The number of carboxylic acids is 1. The minimum atomic E-state index is -0.917. The van der Waals surface area contributed by atoms with E-state index in [4.69, 9.17) is 10.8 Å². The van der Waals surface area contributed by atoms with E-state index < -0.39 is 18.1 Å². The maximum absolute atomic E-state index is 10.6. The molecule has 1 rings (SSSR count). The van der Waals surface area contributed by atoms with Crippen LogP contribution in [0.3, 0.4) is 0 Å². The molecular weight excluding hydrogens is 206 g/mol. The fourth-order valence-electron chi connectivity index (χ4n) is 1.70. The van der Waals surface area contributed by atoms with Crippen LogP contribution < -0.4 is 5.73 Å². The van der Waals surface area contributed by atoms with Crippen LogP contribution >= 0.6 is 0 Å². The molecule has 0 saturated heterocycles. The van der Waals surface area contributed by atoms with E-state index in [0.29, 0.717) is 6.42 Å². The summed E-state index contributed by atoms with van der Waals surface area (Å²) in [5, 5.41) is 18.0. The van der Waals surface area contributed by atoms with E-state index in [1.807, 2.05) is 24.3 Å². The van der Waals surface area contributed by atoms with Crippen LogP contribution in [-0.2, 0) is 11.2 Å². The quantitative estimate of drug-likeness (QED) is 0.697. The molecule has 0 saturated carbocycles. The highest BCUT2D eigenvalue weighted by Crippen LogP contribution is 2.20. The first kappa shape index (κ1) is 12.7. The smallest absolute Gasteiger partial charge is 0.305 e. The van der Waals surface area contributed by atoms with E-state index in [2.05, 4.69) is 0 Å². The minimum absolute atomic E-state index is 0.100. The van der Waals surface area contributed by atoms with E-state index in [0.717, 1.165) is 11.1 Å². The highest BCUT2D eigenvalue weighted by atomic mass is 16.4. The molecule has 4 N–H and O–H groups in total. The second-order valence-electron chi connectivity index (χ2n) is 3.96. The largest absolute Gasteiger partial charge is 0.481 e. The van der Waals surface area contributed by atoms with Gasteiger partial charge in [-0.1, -0.05) is 24.3 Å². The zero-order chi connectivity index (χ0) is 12.1. The number of carboxylic acid groups (broad SMARTS) is 1. The van der Waals surface area contributed by atoms with Crippen molar-refractivity contribution in [3.8, 4) is 0 Å². The van der Waals surface area contributed by atoms with Gasteiger partial charge in [-0.05, 0) is 24.5 Å². The third-order valence-electron chi connectivity index (χ3n) is 2.36. The Morgan fingerprint density at radius 3 is 2.62 bits per heavy atom. The highest BCUT2D eigenvalue weighted by molar-refractivity contribution is 5.68. The maximum Gasteiger partial charge on any atom is 0.305 e. The summed E-state index contributed by atoms with van der Waals surface area (Å²) < 4.78 is 0. The van der Waals surface area contributed by atoms with E-state index in [1.54, 1.807) is 6.92 Å². The Balaban J connectivity index is 2.89. The molecule has 0 aliphatic rings. The first-order valence-electron chi connectivity index (χ1n) is 5.24. The average Bonchev–Trinajstić information content (AvgIpc) is 2.16. The van der Waals surface area contributed by atoms with Crippen LogP contribution in [0.5, 0.6) is 0 Å². The predicted molar refractivity (Wildman–Crippen MR) is 61.0 cm³/mol. The van der Waals surface area contributed by atoms with E-state index >= 15 is 0 Å². The number of carbonyl (C=O) groups is 1. The molecule has 0 bridgehead atoms. The van der Waals surface area contributed by atoms with Gasteiger partial charge in [0.25, 0.3) is 0 Å². The molecule has 1 aromatic rings. The second kappa shape index (κ2) is 5.63. The summed E-state index contributed by atoms with van der Waals surface area (Å²) in [6.07, 6.45) is -0.0708. The Labute approximate surface area is 94.7 Å². The van der Waals surface area contributed by atoms with Crippen LogP contribution in [0.4, 0.5) is 0 Å². The molecule has 2 atom stereocenters. The molecule has 0 radical (unpaired) electrons. The molecule has 1 aromatic carbocycles. The molecule has 0 fully saturated rings. The fraction of sp³-hybridized carbons (Fsp3) is 0.417. The SMILES string of the molecule is CC(O)Cc1ccccc1C(N)CC(=O)O. The lowest BCUT2D eigenvalue weighted by Crippen LogP contribution is -2.18. The van der Waals surface area contributed by atoms with Gasteiger partial charge in [-0.25, -0.2) is 0 Å². The molecule has 0 heterocycles. The summed E-state index contributed by atoms with van der Waals surface area (Å²) in [6.45, 7) is 1.69. The number of aliphatic carboxylic acids is 1. The summed E-state index contributed by atoms with van der Waals surface area (Å²) in [5.74, 6) is -0.917. The summed E-state index contributed by atoms with van der Waals surface area (Å²) in [6, 6.07) is 6.83. The monoisotopic (exact) mass is 223 g/mol. The lowest BCUT2D eigenvalue weighted by molar-refractivity contribution is -0.137. The van der Waals surface area contributed by atoms with Crippen LogP contribution in [0.25, 0.3) is 0 Å². The van der Waals surface area contributed by atoms with Crippen molar-refractivity contribution in [2.45, 2.75) is 31.9 Å². The summed E-state index contributed by atoms with van der Waals surface area (Å²) >= 11 is 0. The lowest BCUT2D eigenvalue weighted by atomic mass is 9.95. The number of nitrogens with two attached hydrogens (primary N) is 1. The molecule has 0 amide bonds. The van der Waals surface area contributed by atoms with E-state index in [-0.39, 0.29) is 6.42 Å². The average molecular weight is 223 g/mol. The van der Waals surface area contributed by atoms with E-state index in [9.17, 15) is 9.90 Å². The maximum atomic E-state index is 10.6. The lowest BCUT2D eigenvalue weighted by Gasteiger charge is -2.15. The van der Waals surface area contributed by atoms with Crippen LogP contribution in [-0.4, -0.2) is 22.3 Å². The van der Waals surface area contributed by atoms with Gasteiger partial charge in [0.15, 0.2) is 0 Å². The van der Waals surface area contributed by atoms with Crippen LogP contribution in [0.2, 0.25) is 0 Å². The molecule has 0 aliphatic heterocycles. The molecule has 4 heteroatoms. The number of rotatable bonds is 5. The van der Waals surface area contributed by atoms with Gasteiger partial charge in [-0.3, -0.25) is 4.79 Å². The van der Waals surface area contributed by atoms with Crippen molar-refractivity contribution in [3.63, 3.8) is 0 Å². The molecule has 4 nitrogen and oxygen atoms in total. The molecule has 16 heavy (non-hydrogen) atoms. The van der Waals surface area contributed by atoms with Crippen molar-refractivity contribution in [1.29, 1.82) is 0 Å². The topological polar surface area (TPSA) is 83.5 Å². The van der Waals surface area contributed by atoms with Gasteiger partial charge in [0.2, 0.25) is 0 Å². The number of aliphatic hydroxyl groups excluding tert-OH is 1. The van der Waals surface area contributed by atoms with Crippen LogP contribution in [0, 0.1) is 0 Å². The van der Waals surface area contributed by atoms with Gasteiger partial charge in [0, 0.05) is 6.04 Å². The Hall–Kier alpha value is -1.39. The van der Waals surface area contributed by atoms with Crippen molar-refractivity contribution in [2.75, 3.05) is 0 Å². The Morgan fingerprint density at radius 2 is 2.06 bits per heavy atom. The van der Waals surface area contributed by atoms with Gasteiger partial charge in [0.05, 0.1) is 12.5 Å². The van der Waals surface area contributed by atoms with Crippen molar-refractivity contribution in [2.24, 2.45) is 5.73 Å². The third kappa shape index (κ3) is 3.64. The Bertz CT molecular complexity index is 363. The normalized spacial score (nSPS) is 14.4. The number of hydrogen-bond donors (Lipinski definition) is 3. The zero-order valence-corrected chi connectivity index (χ0v) is 9.26. The summed E-state index contributed by atoms with van der Waals surface area (Å²) in [5.41, 5.74) is 7.52. The molecule has 2 unspecified atom stereocenters. The van der Waals surface area contributed by atoms with Crippen molar-refractivity contribution in [3.05, 3.63) is 35.4 Å². The highest BCUT2D eigenvalue weighted by Gasteiger charge is 2.14. The van der Waals surface area contributed by atoms with Gasteiger partial charge >= 0.3 is 5.97 Å².